The molecule has 0 bridgehead atoms. The smallest absolute Gasteiger partial charge is 0.256 e. The van der Waals surface area contributed by atoms with Crippen LogP contribution in [0.1, 0.15) is 51.4 Å². The Morgan fingerprint density at radius 3 is 2.41 bits per heavy atom. The molecule has 0 aliphatic carbocycles. The third-order valence-corrected chi connectivity index (χ3v) is 3.00. The molecule has 1 aliphatic rings. The van der Waals surface area contributed by atoms with Crippen LogP contribution in [0.3, 0.4) is 0 Å². The van der Waals surface area contributed by atoms with Gasteiger partial charge in [-0.1, -0.05) is 58.9 Å². The summed E-state index contributed by atoms with van der Waals surface area (Å²) in [6, 6.07) is 7.50. The first-order valence-corrected chi connectivity index (χ1v) is 8.22. The van der Waals surface area contributed by atoms with E-state index in [1.165, 1.54) is 0 Å². The van der Waals surface area contributed by atoms with Crippen molar-refractivity contribution >= 4 is 17.8 Å². The number of aliphatic imine (C=N–C) groups is 1. The Bertz CT molecular complexity index is 492. The summed E-state index contributed by atoms with van der Waals surface area (Å²) in [6.07, 6.45) is 7.02. The number of hydrogen-bond acceptors (Lipinski definition) is 2. The third-order valence-electron chi connectivity index (χ3n) is 3.00. The molecule has 1 aromatic rings. The summed E-state index contributed by atoms with van der Waals surface area (Å²) in [7, 11) is 1.81. The van der Waals surface area contributed by atoms with Crippen molar-refractivity contribution in [3.63, 3.8) is 0 Å². The first-order valence-electron chi connectivity index (χ1n) is 8.22. The van der Waals surface area contributed by atoms with Crippen molar-refractivity contribution in [1.82, 2.24) is 4.90 Å². The van der Waals surface area contributed by atoms with E-state index >= 15 is 0 Å². The quantitative estimate of drug-likeness (QED) is 0.613. The lowest BCUT2D eigenvalue weighted by molar-refractivity contribution is 0.0811. The maximum atomic E-state index is 12.3. The minimum Gasteiger partial charge on any atom is -0.338 e. The van der Waals surface area contributed by atoms with Crippen LogP contribution in [-0.4, -0.2) is 30.6 Å². The number of nitrogens with zero attached hydrogens (tertiary/aromatic N) is 2. The molecule has 1 atom stereocenters. The number of benzene rings is 1. The molecular weight excluding hydrogens is 272 g/mol. The monoisotopic (exact) mass is 302 g/mol. The zero-order valence-electron chi connectivity index (χ0n) is 14.8. The lowest BCUT2D eigenvalue weighted by Gasteiger charge is -2.15. The van der Waals surface area contributed by atoms with Gasteiger partial charge in [0, 0.05) is 19.8 Å². The highest BCUT2D eigenvalue weighted by atomic mass is 16.2. The molecule has 0 saturated heterocycles. The fraction of sp³-hybridized carbons (Fsp3) is 0.474. The number of likely N-dealkylation sites (N-methyl/N-ethyl adjacent to an activating group) is 1. The number of carbonyl (C=O) groups excluding carboxylic acids is 1. The molecule has 22 heavy (non-hydrogen) atoms. The molecule has 122 valence electrons. The van der Waals surface area contributed by atoms with Gasteiger partial charge in [-0.3, -0.25) is 9.79 Å². The van der Waals surface area contributed by atoms with Crippen LogP contribution in [0, 0.1) is 5.92 Å². The van der Waals surface area contributed by atoms with E-state index in [1.54, 1.807) is 4.90 Å². The largest absolute Gasteiger partial charge is 0.338 e. The predicted octanol–water partition coefficient (Wildman–Crippen LogP) is 5.11. The van der Waals surface area contributed by atoms with E-state index < -0.39 is 0 Å². The molecule has 1 heterocycles. The first-order chi connectivity index (χ1) is 10.7. The first kappa shape index (κ1) is 20.1. The highest BCUT2D eigenvalue weighted by Crippen LogP contribution is 2.21. The zero-order valence-corrected chi connectivity index (χ0v) is 14.8. The number of allylic oxidation sites excluding steroid dienone is 1. The number of rotatable bonds is 0. The van der Waals surface area contributed by atoms with Gasteiger partial charge in [-0.25, -0.2) is 0 Å². The Hall–Kier alpha value is -1.90. The summed E-state index contributed by atoms with van der Waals surface area (Å²) < 4.78 is 0. The molecule has 1 aromatic carbocycles. The van der Waals surface area contributed by atoms with Gasteiger partial charge in [-0.15, -0.1) is 0 Å². The van der Waals surface area contributed by atoms with E-state index in [0.717, 1.165) is 12.1 Å². The maximum absolute atomic E-state index is 12.3. The van der Waals surface area contributed by atoms with E-state index in [2.05, 4.69) is 18.0 Å². The van der Waals surface area contributed by atoms with Gasteiger partial charge in [0.05, 0.1) is 11.3 Å². The van der Waals surface area contributed by atoms with Crippen molar-refractivity contribution in [3.8, 4) is 0 Å². The highest BCUT2D eigenvalue weighted by Gasteiger charge is 2.14. The van der Waals surface area contributed by atoms with Crippen LogP contribution >= 0.6 is 0 Å². The Labute approximate surface area is 135 Å². The topological polar surface area (TPSA) is 32.7 Å². The van der Waals surface area contributed by atoms with Crippen molar-refractivity contribution in [2.75, 3.05) is 13.6 Å². The Kier molecular flexibility index (Phi) is 10.7. The summed E-state index contributed by atoms with van der Waals surface area (Å²) in [6.45, 7) is 10.8. The van der Waals surface area contributed by atoms with Gasteiger partial charge in [0.1, 0.15) is 0 Å². The van der Waals surface area contributed by atoms with Gasteiger partial charge in [-0.2, -0.15) is 0 Å². The van der Waals surface area contributed by atoms with Crippen LogP contribution < -0.4 is 0 Å². The number of amides is 1. The molecule has 3 heteroatoms. The summed E-state index contributed by atoms with van der Waals surface area (Å²) in [4.78, 5) is 18.4. The standard InChI is InChI=1S/C15H18N2O.2C2H6/c1-12-7-5-6-10-17(2)15(18)13-8-3-4-9-14(13)16-11-12;2*1-2/h3-6,8-9,11-12H,7,10H2,1-2H3;2*1-2H3. The molecule has 0 N–H and O–H groups in total. The molecular formula is C19H30N2O. The minimum atomic E-state index is 0.0157. The summed E-state index contributed by atoms with van der Waals surface area (Å²) in [5, 5.41) is 0. The molecule has 0 radical (unpaired) electrons. The molecule has 0 spiro atoms. The Morgan fingerprint density at radius 2 is 1.73 bits per heavy atom. The molecule has 1 unspecified atom stereocenters. The van der Waals surface area contributed by atoms with Crippen LogP contribution in [0.15, 0.2) is 41.4 Å². The van der Waals surface area contributed by atoms with E-state index in [-0.39, 0.29) is 5.91 Å². The van der Waals surface area contributed by atoms with E-state index in [4.69, 9.17) is 0 Å². The summed E-state index contributed by atoms with van der Waals surface area (Å²) in [5.41, 5.74) is 1.42. The van der Waals surface area contributed by atoms with Crippen LogP contribution in [0.5, 0.6) is 0 Å². The number of carbonyl (C=O) groups is 1. The molecule has 2 rings (SSSR count). The molecule has 0 fully saturated rings. The second-order valence-corrected chi connectivity index (χ2v) is 4.67. The normalized spacial score (nSPS) is 17.3. The van der Waals surface area contributed by atoms with Crippen molar-refractivity contribution in [3.05, 3.63) is 42.0 Å². The second kappa shape index (κ2) is 11.7. The average molecular weight is 302 g/mol. The lowest BCUT2D eigenvalue weighted by Crippen LogP contribution is -2.26. The number of hydrogen-bond donors (Lipinski definition) is 0. The van der Waals surface area contributed by atoms with Crippen molar-refractivity contribution in [2.24, 2.45) is 10.9 Å². The third kappa shape index (κ3) is 6.25. The fourth-order valence-electron chi connectivity index (χ4n) is 1.87. The number of fused-ring (bicyclic) bond motifs is 1. The van der Waals surface area contributed by atoms with Crippen molar-refractivity contribution in [1.29, 1.82) is 0 Å². The Morgan fingerprint density at radius 1 is 1.09 bits per heavy atom. The molecule has 1 amide bonds. The van der Waals surface area contributed by atoms with Crippen LogP contribution in [-0.2, 0) is 0 Å². The summed E-state index contributed by atoms with van der Waals surface area (Å²) in [5.74, 6) is 0.398. The lowest BCUT2D eigenvalue weighted by atomic mass is 10.1. The van der Waals surface area contributed by atoms with E-state index in [9.17, 15) is 4.79 Å². The summed E-state index contributed by atoms with van der Waals surface area (Å²) >= 11 is 0. The van der Waals surface area contributed by atoms with Crippen LogP contribution in [0.2, 0.25) is 0 Å². The van der Waals surface area contributed by atoms with Gasteiger partial charge in [0.25, 0.3) is 5.91 Å². The maximum Gasteiger partial charge on any atom is 0.256 e. The van der Waals surface area contributed by atoms with Crippen LogP contribution in [0.25, 0.3) is 0 Å². The second-order valence-electron chi connectivity index (χ2n) is 4.67. The van der Waals surface area contributed by atoms with Gasteiger partial charge >= 0.3 is 0 Å². The highest BCUT2D eigenvalue weighted by molar-refractivity contribution is 5.99. The van der Waals surface area contributed by atoms with Gasteiger partial charge in [-0.05, 0) is 24.5 Å². The predicted molar refractivity (Wildman–Crippen MR) is 97.2 cm³/mol. The fourth-order valence-corrected chi connectivity index (χ4v) is 1.87. The van der Waals surface area contributed by atoms with Crippen LogP contribution in [0.4, 0.5) is 5.69 Å². The zero-order chi connectivity index (χ0) is 17.0. The van der Waals surface area contributed by atoms with Gasteiger partial charge in [0.15, 0.2) is 0 Å². The van der Waals surface area contributed by atoms with E-state index in [0.29, 0.717) is 18.0 Å². The van der Waals surface area contributed by atoms with Crippen molar-refractivity contribution < 1.29 is 4.79 Å². The van der Waals surface area contributed by atoms with Gasteiger partial charge < -0.3 is 4.90 Å². The molecule has 0 saturated carbocycles. The Balaban J connectivity index is 0.00000102. The molecule has 1 aliphatic heterocycles. The minimum absolute atomic E-state index is 0.0157. The van der Waals surface area contributed by atoms with Crippen molar-refractivity contribution in [2.45, 2.75) is 41.0 Å². The SMILES string of the molecule is CC.CC.CC1C=Nc2ccccc2C(=O)N(C)CC=CC1. The average Bonchev–Trinajstić information content (AvgIpc) is 2.61. The molecule has 0 aromatic heterocycles. The molecule has 3 nitrogen and oxygen atoms in total. The number of para-hydroxylation sites is 1. The van der Waals surface area contributed by atoms with E-state index in [1.807, 2.05) is 71.3 Å². The van der Waals surface area contributed by atoms with Gasteiger partial charge in [0.2, 0.25) is 0 Å².